The molecule has 0 saturated heterocycles. The molecule has 4 nitrogen and oxygen atoms in total. The Balaban J connectivity index is 0. The molecule has 0 fully saturated rings. The Morgan fingerprint density at radius 2 is 1.96 bits per heavy atom. The van der Waals surface area contributed by atoms with Crippen molar-refractivity contribution >= 4 is 25.0 Å². The monoisotopic (exact) mass is 393 g/mol. The zero-order valence-electron chi connectivity index (χ0n) is 14.9. The number of ether oxygens (including phenoxy) is 1. The number of hydrogen-bond donors (Lipinski definition) is 2. The third-order valence-corrected chi connectivity index (χ3v) is 3.90. The standard InChI is InChI=1S/C16H17BFNO3.CH4.ClH.K.H/c1-9-14(5-4-12-8-21-17(20)16(9)12)22-15-6-3-11(10(2)19)7-13(15)18;;;;/h3-7,10,20H,8,19H2,1-2H3;1H4;1H;;/q;;;+1;-1. The van der Waals surface area contributed by atoms with Gasteiger partial charge in [0.05, 0.1) is 6.61 Å². The van der Waals surface area contributed by atoms with Gasteiger partial charge in [0, 0.05) is 6.04 Å². The summed E-state index contributed by atoms with van der Waals surface area (Å²) in [7, 11) is -0.955. The van der Waals surface area contributed by atoms with E-state index in [4.69, 9.17) is 15.1 Å². The van der Waals surface area contributed by atoms with Gasteiger partial charge in [-0.15, -0.1) is 12.4 Å². The summed E-state index contributed by atoms with van der Waals surface area (Å²) in [6.45, 7) is 3.98. The predicted octanol–water partition coefficient (Wildman–Crippen LogP) is 0.338. The minimum Gasteiger partial charge on any atom is -1.00 e. The Morgan fingerprint density at radius 3 is 2.56 bits per heavy atom. The third-order valence-electron chi connectivity index (χ3n) is 3.90. The van der Waals surface area contributed by atoms with E-state index in [1.54, 1.807) is 25.1 Å². The molecule has 0 spiro atoms. The van der Waals surface area contributed by atoms with E-state index in [2.05, 4.69) is 0 Å². The molecule has 2 aromatic carbocycles. The van der Waals surface area contributed by atoms with Gasteiger partial charge in [-0.25, -0.2) is 4.39 Å². The molecule has 8 heteroatoms. The van der Waals surface area contributed by atoms with E-state index < -0.39 is 12.9 Å². The summed E-state index contributed by atoms with van der Waals surface area (Å²) in [4.78, 5) is 0. The molecule has 1 unspecified atom stereocenters. The fourth-order valence-corrected chi connectivity index (χ4v) is 2.60. The van der Waals surface area contributed by atoms with Crippen LogP contribution in [0.2, 0.25) is 0 Å². The molecule has 0 bridgehead atoms. The van der Waals surface area contributed by atoms with Gasteiger partial charge in [0.15, 0.2) is 11.6 Å². The number of fused-ring (bicyclic) bond motifs is 1. The van der Waals surface area contributed by atoms with Crippen molar-refractivity contribution < 1.29 is 71.6 Å². The van der Waals surface area contributed by atoms with Gasteiger partial charge in [0.25, 0.3) is 0 Å². The number of halogens is 2. The first-order chi connectivity index (χ1) is 10.5. The van der Waals surface area contributed by atoms with Crippen LogP contribution in [0.15, 0.2) is 30.3 Å². The molecule has 1 aliphatic rings. The summed E-state index contributed by atoms with van der Waals surface area (Å²) in [5.41, 5.74) is 8.81. The fraction of sp³-hybridized carbons (Fsp3) is 0.294. The van der Waals surface area contributed by atoms with Crippen LogP contribution in [0.1, 0.15) is 38.5 Å². The molecule has 25 heavy (non-hydrogen) atoms. The van der Waals surface area contributed by atoms with Crippen LogP contribution in [0.25, 0.3) is 0 Å². The number of nitrogens with two attached hydrogens (primary N) is 1. The van der Waals surface area contributed by atoms with Crippen molar-refractivity contribution in [3.63, 3.8) is 0 Å². The molecule has 1 aliphatic heterocycles. The summed E-state index contributed by atoms with van der Waals surface area (Å²) in [6.07, 6.45) is 0. The largest absolute Gasteiger partial charge is 1.00 e. The number of benzene rings is 2. The van der Waals surface area contributed by atoms with E-state index in [-0.39, 0.29) is 84.4 Å². The summed E-state index contributed by atoms with van der Waals surface area (Å²) >= 11 is 0. The average Bonchev–Trinajstić information content (AvgIpc) is 2.85. The fourth-order valence-electron chi connectivity index (χ4n) is 2.60. The molecule has 2 aromatic rings. The molecule has 0 aromatic heterocycles. The zero-order valence-corrected chi connectivity index (χ0v) is 17.8. The van der Waals surface area contributed by atoms with Gasteiger partial charge in [-0.3, -0.25) is 0 Å². The van der Waals surface area contributed by atoms with E-state index in [0.29, 0.717) is 23.4 Å². The van der Waals surface area contributed by atoms with Crippen molar-refractivity contribution in [1.29, 1.82) is 0 Å². The normalized spacial score (nSPS) is 13.1. The van der Waals surface area contributed by atoms with E-state index in [1.165, 1.54) is 6.07 Å². The van der Waals surface area contributed by atoms with E-state index in [0.717, 1.165) is 11.1 Å². The second-order valence-corrected chi connectivity index (χ2v) is 5.51. The molecule has 3 N–H and O–H groups in total. The van der Waals surface area contributed by atoms with Crippen LogP contribution >= 0.6 is 12.4 Å². The van der Waals surface area contributed by atoms with Crippen LogP contribution in [0.3, 0.4) is 0 Å². The first-order valence-corrected chi connectivity index (χ1v) is 7.12. The average molecular weight is 394 g/mol. The van der Waals surface area contributed by atoms with Crippen molar-refractivity contribution in [2.24, 2.45) is 5.73 Å². The van der Waals surface area contributed by atoms with Crippen LogP contribution in [0, 0.1) is 12.7 Å². The summed E-state index contributed by atoms with van der Waals surface area (Å²) in [5.74, 6) is 0.156. The van der Waals surface area contributed by atoms with Crippen molar-refractivity contribution in [2.45, 2.75) is 33.9 Å². The number of rotatable bonds is 3. The predicted molar refractivity (Wildman–Crippen MR) is 97.7 cm³/mol. The maximum atomic E-state index is 14.1. The summed E-state index contributed by atoms with van der Waals surface area (Å²) in [6, 6.07) is 8.02. The molecule has 0 saturated carbocycles. The van der Waals surface area contributed by atoms with E-state index >= 15 is 0 Å². The van der Waals surface area contributed by atoms with Crippen LogP contribution in [-0.2, 0) is 11.3 Å². The quantitative estimate of drug-likeness (QED) is 0.738. The number of hydrogen-bond acceptors (Lipinski definition) is 4. The second kappa shape index (κ2) is 10.4. The summed E-state index contributed by atoms with van der Waals surface area (Å²) < 4.78 is 25.0. The van der Waals surface area contributed by atoms with Crippen LogP contribution in [0.5, 0.6) is 11.5 Å². The maximum absolute atomic E-state index is 14.1. The Hall–Kier alpha value is 0.0413. The second-order valence-electron chi connectivity index (χ2n) is 5.51. The molecule has 0 amide bonds. The Labute approximate surface area is 198 Å². The molecule has 0 aliphatic carbocycles. The first-order valence-electron chi connectivity index (χ1n) is 7.12. The van der Waals surface area contributed by atoms with Gasteiger partial charge in [-0.2, -0.15) is 0 Å². The maximum Gasteiger partial charge on any atom is 1.00 e. The molecular weight excluding hydrogens is 371 g/mol. The Kier molecular flexibility index (Phi) is 10.4. The van der Waals surface area contributed by atoms with Crippen molar-refractivity contribution in [3.05, 3.63) is 52.8 Å². The van der Waals surface area contributed by atoms with Crippen molar-refractivity contribution in [1.82, 2.24) is 0 Å². The van der Waals surface area contributed by atoms with Gasteiger partial charge >= 0.3 is 58.5 Å². The van der Waals surface area contributed by atoms with Crippen LogP contribution in [0.4, 0.5) is 4.39 Å². The van der Waals surface area contributed by atoms with Gasteiger partial charge in [-0.05, 0) is 54.2 Å². The van der Waals surface area contributed by atoms with Crippen LogP contribution in [-0.4, -0.2) is 12.1 Å². The topological polar surface area (TPSA) is 64.7 Å². The van der Waals surface area contributed by atoms with Gasteiger partial charge in [0.2, 0.25) is 0 Å². The molecule has 3 rings (SSSR count). The van der Waals surface area contributed by atoms with Crippen LogP contribution < -0.4 is 67.3 Å². The van der Waals surface area contributed by atoms with Gasteiger partial charge in [-0.1, -0.05) is 19.6 Å². The molecule has 132 valence electrons. The van der Waals surface area contributed by atoms with E-state index in [1.807, 2.05) is 13.0 Å². The Morgan fingerprint density at radius 1 is 1.32 bits per heavy atom. The molecule has 1 heterocycles. The van der Waals surface area contributed by atoms with Gasteiger partial charge in [0.1, 0.15) is 5.75 Å². The first kappa shape index (κ1) is 25.0. The summed E-state index contributed by atoms with van der Waals surface area (Å²) in [5, 5.41) is 9.84. The zero-order chi connectivity index (χ0) is 15.9. The van der Waals surface area contributed by atoms with Crippen molar-refractivity contribution in [2.75, 3.05) is 0 Å². The molecule has 0 radical (unpaired) electrons. The Bertz CT molecular complexity index is 739. The molecule has 1 atom stereocenters. The SMILES string of the molecule is C.Cc1c(Oc2ccc(C(C)N)cc2F)ccc2c1B(O)OC2.Cl.[H-].[K+]. The smallest absolute Gasteiger partial charge is 1.00 e. The van der Waals surface area contributed by atoms with E-state index in [9.17, 15) is 9.41 Å². The minimum absolute atomic E-state index is 0. The van der Waals surface area contributed by atoms with Crippen molar-refractivity contribution in [3.8, 4) is 11.5 Å². The molecular formula is C17H23BClFKNO3. The minimum atomic E-state index is -0.955. The van der Waals surface area contributed by atoms with Gasteiger partial charge < -0.3 is 21.6 Å². The third kappa shape index (κ3) is 5.28.